The summed E-state index contributed by atoms with van der Waals surface area (Å²) < 4.78 is 27.9. The van der Waals surface area contributed by atoms with Gasteiger partial charge >= 0.3 is 0 Å². The predicted molar refractivity (Wildman–Crippen MR) is 65.4 cm³/mol. The van der Waals surface area contributed by atoms with E-state index >= 15 is 0 Å². The lowest BCUT2D eigenvalue weighted by Crippen LogP contribution is -2.10. The minimum Gasteiger partial charge on any atom is -0.263 e. The molecule has 0 saturated carbocycles. The summed E-state index contributed by atoms with van der Waals surface area (Å²) >= 11 is 3.27. The van der Waals surface area contributed by atoms with Crippen molar-refractivity contribution in [3.63, 3.8) is 0 Å². The van der Waals surface area contributed by atoms with Crippen LogP contribution in [-0.2, 0) is 14.3 Å². The van der Waals surface area contributed by atoms with E-state index in [1.54, 1.807) is 24.5 Å². The Bertz CT molecular complexity index is 473. The van der Waals surface area contributed by atoms with Crippen molar-refractivity contribution in [1.82, 2.24) is 4.98 Å². The molecule has 0 aliphatic rings. The fourth-order valence-electron chi connectivity index (χ4n) is 1.20. The van der Waals surface area contributed by atoms with Gasteiger partial charge in [-0.3, -0.25) is 9.17 Å². The van der Waals surface area contributed by atoms with Crippen molar-refractivity contribution >= 4 is 26.0 Å². The van der Waals surface area contributed by atoms with Crippen LogP contribution in [0.2, 0.25) is 0 Å². The first-order valence-corrected chi connectivity index (χ1v) is 7.13. The molecule has 0 radical (unpaired) electrons. The van der Waals surface area contributed by atoms with Crippen molar-refractivity contribution in [2.45, 2.75) is 12.5 Å². The van der Waals surface area contributed by atoms with E-state index in [0.717, 1.165) is 10.7 Å². The Kier molecular flexibility index (Phi) is 4.64. The molecule has 0 saturated heterocycles. The third-order valence-corrected chi connectivity index (χ3v) is 2.79. The van der Waals surface area contributed by atoms with E-state index in [0.29, 0.717) is 12.0 Å². The first kappa shape index (κ1) is 13.3. The van der Waals surface area contributed by atoms with Crippen LogP contribution in [0.25, 0.3) is 0 Å². The summed E-state index contributed by atoms with van der Waals surface area (Å²) in [5.41, 5.74) is 0.694. The van der Waals surface area contributed by atoms with Crippen LogP contribution in [0.4, 0.5) is 0 Å². The van der Waals surface area contributed by atoms with Crippen molar-refractivity contribution in [3.8, 4) is 0 Å². The van der Waals surface area contributed by atoms with Gasteiger partial charge in [0, 0.05) is 22.4 Å². The van der Waals surface area contributed by atoms with E-state index in [1.165, 1.54) is 0 Å². The normalized spacial score (nSPS) is 13.4. The maximum absolute atomic E-state index is 11.1. The molecule has 0 aliphatic carbocycles. The van der Waals surface area contributed by atoms with E-state index < -0.39 is 16.2 Å². The van der Waals surface area contributed by atoms with Gasteiger partial charge in [0.1, 0.15) is 6.10 Å². The fraction of sp³-hybridized carbons (Fsp3) is 0.300. The zero-order chi connectivity index (χ0) is 12.2. The van der Waals surface area contributed by atoms with Gasteiger partial charge in [-0.05, 0) is 28.4 Å². The lowest BCUT2D eigenvalue weighted by atomic mass is 10.1. The molecule has 16 heavy (non-hydrogen) atoms. The summed E-state index contributed by atoms with van der Waals surface area (Å²) in [6.45, 7) is 3.57. The van der Waals surface area contributed by atoms with E-state index in [-0.39, 0.29) is 0 Å². The topological polar surface area (TPSA) is 56.3 Å². The van der Waals surface area contributed by atoms with Gasteiger partial charge in [-0.15, -0.1) is 6.58 Å². The average Bonchev–Trinajstić information content (AvgIpc) is 2.15. The standard InChI is InChI=1S/C10H12BrNO3S/c1-3-4-10(15-16(2,13)14)8-5-9(11)7-12-6-8/h3,5-7,10H,1,4H2,2H3/t10-/m1/s1. The smallest absolute Gasteiger partial charge is 0.263 e. The lowest BCUT2D eigenvalue weighted by Gasteiger charge is -2.14. The van der Waals surface area contributed by atoms with Crippen LogP contribution >= 0.6 is 15.9 Å². The van der Waals surface area contributed by atoms with E-state index in [1.807, 2.05) is 0 Å². The molecule has 88 valence electrons. The largest absolute Gasteiger partial charge is 0.264 e. The second-order valence-corrected chi connectivity index (χ2v) is 5.77. The van der Waals surface area contributed by atoms with Crippen molar-refractivity contribution < 1.29 is 12.6 Å². The third kappa shape index (κ3) is 4.42. The Balaban J connectivity index is 2.97. The van der Waals surface area contributed by atoms with Crippen LogP contribution in [0.1, 0.15) is 18.1 Å². The molecule has 0 unspecified atom stereocenters. The van der Waals surface area contributed by atoms with Crippen molar-refractivity contribution in [3.05, 3.63) is 41.2 Å². The van der Waals surface area contributed by atoms with E-state index in [9.17, 15) is 8.42 Å². The zero-order valence-corrected chi connectivity index (χ0v) is 11.2. The molecule has 0 N–H and O–H groups in total. The molecule has 0 amide bonds. The number of hydrogen-bond donors (Lipinski definition) is 0. The van der Waals surface area contributed by atoms with Gasteiger partial charge in [0.15, 0.2) is 0 Å². The SMILES string of the molecule is C=CC[C@@H](OS(C)(=O)=O)c1cncc(Br)c1. The molecule has 1 aromatic rings. The molecule has 6 heteroatoms. The van der Waals surface area contributed by atoms with Gasteiger partial charge in [0.25, 0.3) is 10.1 Å². The first-order valence-electron chi connectivity index (χ1n) is 4.52. The summed E-state index contributed by atoms with van der Waals surface area (Å²) in [5.74, 6) is 0. The van der Waals surface area contributed by atoms with Crippen LogP contribution in [0, 0.1) is 0 Å². The second kappa shape index (κ2) is 5.56. The van der Waals surface area contributed by atoms with Crippen LogP contribution in [-0.4, -0.2) is 19.7 Å². The van der Waals surface area contributed by atoms with Crippen molar-refractivity contribution in [1.29, 1.82) is 0 Å². The molecular weight excluding hydrogens is 294 g/mol. The molecule has 1 heterocycles. The predicted octanol–water partition coefficient (Wildman–Crippen LogP) is 2.44. The molecule has 1 rings (SSSR count). The molecule has 1 aromatic heterocycles. The molecular formula is C10H12BrNO3S. The van der Waals surface area contributed by atoms with Crippen LogP contribution in [0.3, 0.4) is 0 Å². The number of halogens is 1. The van der Waals surface area contributed by atoms with Gasteiger partial charge < -0.3 is 0 Å². The Labute approximate surface area is 104 Å². The van der Waals surface area contributed by atoms with Gasteiger partial charge in [0.05, 0.1) is 6.26 Å². The third-order valence-electron chi connectivity index (χ3n) is 1.77. The quantitative estimate of drug-likeness (QED) is 0.619. The molecule has 1 atom stereocenters. The number of nitrogens with zero attached hydrogens (tertiary/aromatic N) is 1. The Morgan fingerprint density at radius 1 is 1.62 bits per heavy atom. The summed E-state index contributed by atoms with van der Waals surface area (Å²) in [7, 11) is -3.50. The molecule has 4 nitrogen and oxygen atoms in total. The van der Waals surface area contributed by atoms with E-state index in [4.69, 9.17) is 4.18 Å². The van der Waals surface area contributed by atoms with Gasteiger partial charge in [-0.1, -0.05) is 6.08 Å². The van der Waals surface area contributed by atoms with Gasteiger partial charge in [-0.2, -0.15) is 8.42 Å². The molecule has 0 spiro atoms. The average molecular weight is 306 g/mol. The van der Waals surface area contributed by atoms with E-state index in [2.05, 4.69) is 27.5 Å². The Morgan fingerprint density at radius 2 is 2.31 bits per heavy atom. The first-order chi connectivity index (χ1) is 7.42. The molecule has 0 fully saturated rings. The molecule has 0 aliphatic heterocycles. The zero-order valence-electron chi connectivity index (χ0n) is 8.76. The van der Waals surface area contributed by atoms with Crippen LogP contribution in [0.5, 0.6) is 0 Å². The van der Waals surface area contributed by atoms with Crippen LogP contribution in [0.15, 0.2) is 35.6 Å². The molecule has 0 aromatic carbocycles. The minimum absolute atomic E-state index is 0.408. The highest BCUT2D eigenvalue weighted by Crippen LogP contribution is 2.24. The highest BCUT2D eigenvalue weighted by atomic mass is 79.9. The number of aromatic nitrogens is 1. The lowest BCUT2D eigenvalue weighted by molar-refractivity contribution is 0.219. The highest BCUT2D eigenvalue weighted by Gasteiger charge is 2.16. The second-order valence-electron chi connectivity index (χ2n) is 3.25. The monoisotopic (exact) mass is 305 g/mol. The summed E-state index contributed by atoms with van der Waals surface area (Å²) in [6, 6.07) is 1.77. The number of hydrogen-bond acceptors (Lipinski definition) is 4. The summed E-state index contributed by atoms with van der Waals surface area (Å²) in [5, 5.41) is 0. The highest BCUT2D eigenvalue weighted by molar-refractivity contribution is 9.10. The van der Waals surface area contributed by atoms with Gasteiger partial charge in [-0.25, -0.2) is 0 Å². The molecule has 0 bridgehead atoms. The maximum Gasteiger partial charge on any atom is 0.264 e. The van der Waals surface area contributed by atoms with Crippen molar-refractivity contribution in [2.24, 2.45) is 0 Å². The maximum atomic E-state index is 11.1. The summed E-state index contributed by atoms with van der Waals surface area (Å²) in [4.78, 5) is 3.96. The van der Waals surface area contributed by atoms with Crippen molar-refractivity contribution in [2.75, 3.05) is 6.26 Å². The van der Waals surface area contributed by atoms with Gasteiger partial charge in [0.2, 0.25) is 0 Å². The summed E-state index contributed by atoms with van der Waals surface area (Å²) in [6.07, 6.45) is 5.66. The minimum atomic E-state index is -3.50. The Morgan fingerprint density at radius 3 is 2.81 bits per heavy atom. The Hall–Kier alpha value is -0.720. The van der Waals surface area contributed by atoms with Crippen LogP contribution < -0.4 is 0 Å². The number of pyridine rings is 1. The number of rotatable bonds is 5. The fourth-order valence-corrected chi connectivity index (χ4v) is 2.19.